The standard InChI is InChI=1S/C15H13ClO4/c16-12-5-1-10(2-6-12)9-20-13-7-3-11(4-8-13)14(17)15(18)19/h1-8,14,17H,9H2,(H,18,19). The van der Waals surface area contributed by atoms with Crippen LogP contribution in [0.15, 0.2) is 48.5 Å². The third-order valence-corrected chi connectivity index (χ3v) is 3.00. The lowest BCUT2D eigenvalue weighted by Gasteiger charge is -2.09. The second-order valence-electron chi connectivity index (χ2n) is 4.22. The van der Waals surface area contributed by atoms with Crippen LogP contribution in [0.25, 0.3) is 0 Å². The Morgan fingerprint density at radius 1 is 1.10 bits per heavy atom. The SMILES string of the molecule is O=C(O)C(O)c1ccc(OCc2ccc(Cl)cc2)cc1. The van der Waals surface area contributed by atoms with Crippen LogP contribution in [0, 0.1) is 0 Å². The molecule has 0 saturated carbocycles. The highest BCUT2D eigenvalue weighted by Gasteiger charge is 2.15. The van der Waals surface area contributed by atoms with Crippen molar-refractivity contribution >= 4 is 17.6 Å². The van der Waals surface area contributed by atoms with Crippen molar-refractivity contribution in [1.29, 1.82) is 0 Å². The molecule has 2 N–H and O–H groups in total. The molecule has 0 spiro atoms. The predicted molar refractivity (Wildman–Crippen MR) is 74.8 cm³/mol. The van der Waals surface area contributed by atoms with Gasteiger partial charge in [-0.25, -0.2) is 4.79 Å². The summed E-state index contributed by atoms with van der Waals surface area (Å²) in [5.74, 6) is -0.680. The van der Waals surface area contributed by atoms with Gasteiger partial charge in [-0.3, -0.25) is 0 Å². The maximum absolute atomic E-state index is 10.6. The van der Waals surface area contributed by atoms with Gasteiger partial charge in [0.2, 0.25) is 0 Å². The predicted octanol–water partition coefficient (Wildman–Crippen LogP) is 3.04. The van der Waals surface area contributed by atoms with Gasteiger partial charge in [-0.1, -0.05) is 35.9 Å². The fourth-order valence-electron chi connectivity index (χ4n) is 1.64. The van der Waals surface area contributed by atoms with Crippen molar-refractivity contribution in [3.63, 3.8) is 0 Å². The smallest absolute Gasteiger partial charge is 0.337 e. The largest absolute Gasteiger partial charge is 0.489 e. The van der Waals surface area contributed by atoms with Crippen LogP contribution in [-0.4, -0.2) is 16.2 Å². The zero-order valence-electron chi connectivity index (χ0n) is 10.5. The Balaban J connectivity index is 1.97. The summed E-state index contributed by atoms with van der Waals surface area (Å²) in [5.41, 5.74) is 1.29. The van der Waals surface area contributed by atoms with E-state index in [1.54, 1.807) is 24.3 Å². The van der Waals surface area contributed by atoms with Gasteiger partial charge in [0.25, 0.3) is 0 Å². The first kappa shape index (κ1) is 14.4. The molecular weight excluding hydrogens is 280 g/mol. The minimum absolute atomic E-state index is 0.316. The van der Waals surface area contributed by atoms with Crippen LogP contribution < -0.4 is 4.74 Å². The van der Waals surface area contributed by atoms with Gasteiger partial charge in [0, 0.05) is 5.02 Å². The summed E-state index contributed by atoms with van der Waals surface area (Å²) in [6.07, 6.45) is -1.51. The highest BCUT2D eigenvalue weighted by atomic mass is 35.5. The van der Waals surface area contributed by atoms with Crippen LogP contribution in [0.3, 0.4) is 0 Å². The number of carboxylic acid groups (broad SMARTS) is 1. The second kappa shape index (κ2) is 6.41. The zero-order valence-corrected chi connectivity index (χ0v) is 11.2. The summed E-state index contributed by atoms with van der Waals surface area (Å²) in [4.78, 5) is 10.6. The van der Waals surface area contributed by atoms with Crippen molar-refractivity contribution in [2.45, 2.75) is 12.7 Å². The first-order chi connectivity index (χ1) is 9.56. The minimum atomic E-state index is -1.51. The number of aliphatic carboxylic acids is 1. The van der Waals surface area contributed by atoms with E-state index in [4.69, 9.17) is 21.4 Å². The summed E-state index contributed by atoms with van der Waals surface area (Å²) < 4.78 is 5.55. The third kappa shape index (κ3) is 3.73. The maximum atomic E-state index is 10.6. The van der Waals surface area contributed by atoms with E-state index in [1.165, 1.54) is 12.1 Å². The highest BCUT2D eigenvalue weighted by Crippen LogP contribution is 2.19. The number of carboxylic acids is 1. The molecule has 2 rings (SSSR count). The molecule has 20 heavy (non-hydrogen) atoms. The lowest BCUT2D eigenvalue weighted by molar-refractivity contribution is -0.146. The summed E-state index contributed by atoms with van der Waals surface area (Å²) in [6, 6.07) is 13.6. The molecule has 0 radical (unpaired) electrons. The Morgan fingerprint density at radius 2 is 1.70 bits per heavy atom. The van der Waals surface area contributed by atoms with Crippen molar-refractivity contribution < 1.29 is 19.7 Å². The molecule has 0 aromatic heterocycles. The number of halogens is 1. The molecule has 0 bridgehead atoms. The normalized spacial score (nSPS) is 11.9. The molecule has 2 aromatic rings. The van der Waals surface area contributed by atoms with Gasteiger partial charge in [-0.15, -0.1) is 0 Å². The molecule has 2 aromatic carbocycles. The Labute approximate surface area is 121 Å². The number of hydrogen-bond acceptors (Lipinski definition) is 3. The number of hydrogen-bond donors (Lipinski definition) is 2. The molecule has 1 atom stereocenters. The Hall–Kier alpha value is -2.04. The van der Waals surface area contributed by atoms with Crippen LogP contribution in [0.2, 0.25) is 5.02 Å². The summed E-state index contributed by atoms with van der Waals surface area (Å²) in [5, 5.41) is 18.7. The van der Waals surface area contributed by atoms with Crippen molar-refractivity contribution in [2.24, 2.45) is 0 Å². The summed E-state index contributed by atoms with van der Waals surface area (Å²) in [7, 11) is 0. The number of carbonyl (C=O) groups is 1. The molecule has 0 aliphatic rings. The van der Waals surface area contributed by atoms with E-state index < -0.39 is 12.1 Å². The first-order valence-electron chi connectivity index (χ1n) is 5.94. The number of aliphatic hydroxyl groups is 1. The van der Waals surface area contributed by atoms with E-state index in [9.17, 15) is 9.90 Å². The van der Waals surface area contributed by atoms with Crippen LogP contribution in [-0.2, 0) is 11.4 Å². The molecule has 104 valence electrons. The van der Waals surface area contributed by atoms with Crippen LogP contribution in [0.4, 0.5) is 0 Å². The van der Waals surface area contributed by atoms with Crippen molar-refractivity contribution in [3.8, 4) is 5.75 Å². The number of rotatable bonds is 5. The Morgan fingerprint density at radius 3 is 2.25 bits per heavy atom. The van der Waals surface area contributed by atoms with Crippen LogP contribution >= 0.6 is 11.6 Å². The fourth-order valence-corrected chi connectivity index (χ4v) is 1.76. The van der Waals surface area contributed by atoms with Gasteiger partial charge in [-0.05, 0) is 35.4 Å². The van der Waals surface area contributed by atoms with Gasteiger partial charge in [0.15, 0.2) is 6.10 Å². The van der Waals surface area contributed by atoms with Crippen LogP contribution in [0.5, 0.6) is 5.75 Å². The number of benzene rings is 2. The molecule has 4 nitrogen and oxygen atoms in total. The minimum Gasteiger partial charge on any atom is -0.489 e. The Kier molecular flexibility index (Phi) is 4.61. The van der Waals surface area contributed by atoms with Crippen molar-refractivity contribution in [1.82, 2.24) is 0 Å². The lowest BCUT2D eigenvalue weighted by atomic mass is 10.1. The average Bonchev–Trinajstić information content (AvgIpc) is 2.46. The van der Waals surface area contributed by atoms with E-state index >= 15 is 0 Å². The molecule has 5 heteroatoms. The van der Waals surface area contributed by atoms with Gasteiger partial charge in [-0.2, -0.15) is 0 Å². The number of ether oxygens (including phenoxy) is 1. The zero-order chi connectivity index (χ0) is 14.5. The van der Waals surface area contributed by atoms with E-state index in [2.05, 4.69) is 0 Å². The van der Waals surface area contributed by atoms with Gasteiger partial charge >= 0.3 is 5.97 Å². The van der Waals surface area contributed by atoms with Crippen molar-refractivity contribution in [2.75, 3.05) is 0 Å². The maximum Gasteiger partial charge on any atom is 0.337 e. The van der Waals surface area contributed by atoms with E-state index in [0.29, 0.717) is 22.9 Å². The molecule has 1 unspecified atom stereocenters. The van der Waals surface area contributed by atoms with Crippen molar-refractivity contribution in [3.05, 3.63) is 64.7 Å². The van der Waals surface area contributed by atoms with Gasteiger partial charge < -0.3 is 14.9 Å². The first-order valence-corrected chi connectivity index (χ1v) is 6.32. The highest BCUT2D eigenvalue weighted by molar-refractivity contribution is 6.30. The molecule has 0 fully saturated rings. The van der Waals surface area contributed by atoms with E-state index in [1.807, 2.05) is 12.1 Å². The molecule has 0 aliphatic carbocycles. The molecule has 0 heterocycles. The molecular formula is C15H13ClO4. The van der Waals surface area contributed by atoms with Crippen LogP contribution in [0.1, 0.15) is 17.2 Å². The second-order valence-corrected chi connectivity index (χ2v) is 4.66. The third-order valence-electron chi connectivity index (χ3n) is 2.75. The quantitative estimate of drug-likeness (QED) is 0.889. The van der Waals surface area contributed by atoms with E-state index in [0.717, 1.165) is 5.56 Å². The molecule has 0 saturated heterocycles. The summed E-state index contributed by atoms with van der Waals surface area (Å²) >= 11 is 5.79. The van der Waals surface area contributed by atoms with E-state index in [-0.39, 0.29) is 0 Å². The molecule has 0 amide bonds. The lowest BCUT2D eigenvalue weighted by Crippen LogP contribution is -2.10. The van der Waals surface area contributed by atoms with Gasteiger partial charge in [0.1, 0.15) is 12.4 Å². The monoisotopic (exact) mass is 292 g/mol. The number of aliphatic hydroxyl groups excluding tert-OH is 1. The van der Waals surface area contributed by atoms with Gasteiger partial charge in [0.05, 0.1) is 0 Å². The topological polar surface area (TPSA) is 66.8 Å². The Bertz CT molecular complexity index is 578. The average molecular weight is 293 g/mol. The fraction of sp³-hybridized carbons (Fsp3) is 0.133. The summed E-state index contributed by atoms with van der Waals surface area (Å²) in [6.45, 7) is 0.387. The molecule has 0 aliphatic heterocycles.